The van der Waals surface area contributed by atoms with E-state index in [1.165, 1.54) is 5.56 Å². The Balaban J connectivity index is 0.000000366. The summed E-state index contributed by atoms with van der Waals surface area (Å²) >= 11 is 0. The number of nitrogens with two attached hydrogens (primary N) is 1. The molecule has 0 fully saturated rings. The maximum atomic E-state index is 10.7. The number of benzene rings is 2. The van der Waals surface area contributed by atoms with Crippen molar-refractivity contribution < 1.29 is 9.53 Å². The summed E-state index contributed by atoms with van der Waals surface area (Å²) in [6.07, 6.45) is 0. The van der Waals surface area contributed by atoms with Gasteiger partial charge in [0.2, 0.25) is 5.91 Å². The molecule has 0 atom stereocenters. The number of methoxy groups -OCH3 is 1. The number of nitrogens with one attached hydrogen (secondary N) is 1. The first-order chi connectivity index (χ1) is 10.7. The highest BCUT2D eigenvalue weighted by Gasteiger charge is 1.98. The van der Waals surface area contributed by atoms with Crippen molar-refractivity contribution in [2.75, 3.05) is 19.5 Å². The predicted molar refractivity (Wildman–Crippen MR) is 93.0 cm³/mol. The molecule has 0 spiro atoms. The Kier molecular flexibility index (Phi) is 11.1. The number of rotatable bonds is 4. The molecular weight excluding hydrogens is 276 g/mol. The summed E-state index contributed by atoms with van der Waals surface area (Å²) in [5.74, 6) is -0.401. The van der Waals surface area contributed by atoms with Gasteiger partial charge in [0, 0.05) is 25.4 Å². The Bertz CT molecular complexity index is 528. The van der Waals surface area contributed by atoms with Crippen LogP contribution < -0.4 is 11.1 Å². The van der Waals surface area contributed by atoms with Crippen LogP contribution in [0.3, 0.4) is 0 Å². The van der Waals surface area contributed by atoms with Crippen molar-refractivity contribution in [1.29, 1.82) is 0 Å². The molecular formula is C18H26N2O2. The number of anilines is 1. The van der Waals surface area contributed by atoms with E-state index in [-0.39, 0.29) is 0 Å². The second-order valence-electron chi connectivity index (χ2n) is 4.11. The van der Waals surface area contributed by atoms with Gasteiger partial charge >= 0.3 is 0 Å². The fourth-order valence-corrected chi connectivity index (χ4v) is 1.57. The third kappa shape index (κ3) is 8.07. The number of ether oxygens (including phenoxy) is 1. The number of amides is 1. The van der Waals surface area contributed by atoms with Gasteiger partial charge in [-0.25, -0.2) is 0 Å². The van der Waals surface area contributed by atoms with E-state index < -0.39 is 5.91 Å². The predicted octanol–water partition coefficient (Wildman–Crippen LogP) is 3.69. The zero-order chi connectivity index (χ0) is 16.8. The first-order valence-corrected chi connectivity index (χ1v) is 7.28. The minimum Gasteiger partial charge on any atom is -0.388 e. The van der Waals surface area contributed by atoms with Crippen LogP contribution in [0.5, 0.6) is 0 Å². The van der Waals surface area contributed by atoms with Crippen LogP contribution in [-0.2, 0) is 11.3 Å². The fourth-order valence-electron chi connectivity index (χ4n) is 1.57. The molecule has 22 heavy (non-hydrogen) atoms. The van der Waals surface area contributed by atoms with Crippen molar-refractivity contribution in [2.24, 2.45) is 5.73 Å². The maximum absolute atomic E-state index is 10.7. The summed E-state index contributed by atoms with van der Waals surface area (Å²) < 4.78 is 4.93. The second-order valence-corrected chi connectivity index (χ2v) is 4.11. The van der Waals surface area contributed by atoms with Crippen LogP contribution in [-0.4, -0.2) is 20.1 Å². The number of primary amides is 1. The molecule has 0 saturated carbocycles. The van der Waals surface area contributed by atoms with E-state index >= 15 is 0 Å². The highest BCUT2D eigenvalue weighted by Crippen LogP contribution is 2.08. The number of hydrogen-bond acceptors (Lipinski definition) is 3. The average molecular weight is 302 g/mol. The van der Waals surface area contributed by atoms with E-state index in [4.69, 9.17) is 10.5 Å². The third-order valence-electron chi connectivity index (χ3n) is 2.59. The van der Waals surface area contributed by atoms with Crippen LogP contribution >= 0.6 is 0 Å². The van der Waals surface area contributed by atoms with Crippen LogP contribution in [0.1, 0.15) is 29.8 Å². The molecule has 2 aromatic rings. The topological polar surface area (TPSA) is 64.3 Å². The highest BCUT2D eigenvalue weighted by atomic mass is 16.5. The van der Waals surface area contributed by atoms with E-state index in [9.17, 15) is 4.79 Å². The molecule has 4 heteroatoms. The highest BCUT2D eigenvalue weighted by molar-refractivity contribution is 5.93. The zero-order valence-electron chi connectivity index (χ0n) is 13.8. The minimum atomic E-state index is -0.401. The fraction of sp³-hybridized carbons (Fsp3) is 0.278. The lowest BCUT2D eigenvalue weighted by atomic mass is 10.2. The first-order valence-electron chi connectivity index (χ1n) is 7.28. The SMILES string of the molecule is CC.CNc1cccc(C(N)=O)c1.COCc1ccccc1. The van der Waals surface area contributed by atoms with Gasteiger partial charge in [0.15, 0.2) is 0 Å². The quantitative estimate of drug-likeness (QED) is 0.905. The molecule has 0 saturated heterocycles. The second kappa shape index (κ2) is 12.4. The van der Waals surface area contributed by atoms with Crippen molar-refractivity contribution in [3.8, 4) is 0 Å². The molecule has 1 amide bonds. The monoisotopic (exact) mass is 302 g/mol. The lowest BCUT2D eigenvalue weighted by molar-refractivity contribution is 0.100. The van der Waals surface area contributed by atoms with Crippen LogP contribution in [0.2, 0.25) is 0 Å². The summed E-state index contributed by atoms with van der Waals surface area (Å²) in [7, 11) is 3.49. The molecule has 0 aliphatic rings. The molecule has 0 heterocycles. The molecule has 0 aliphatic heterocycles. The normalized spacial score (nSPS) is 8.73. The van der Waals surface area contributed by atoms with Crippen LogP contribution in [0.15, 0.2) is 54.6 Å². The van der Waals surface area contributed by atoms with E-state index in [1.807, 2.05) is 50.2 Å². The number of carbonyl (C=O) groups excluding carboxylic acids is 1. The van der Waals surface area contributed by atoms with Gasteiger partial charge in [0.25, 0.3) is 0 Å². The molecule has 2 aromatic carbocycles. The van der Waals surface area contributed by atoms with Gasteiger partial charge in [-0.2, -0.15) is 0 Å². The summed E-state index contributed by atoms with van der Waals surface area (Å²) in [6.45, 7) is 4.71. The number of carbonyl (C=O) groups is 1. The average Bonchev–Trinajstić information content (AvgIpc) is 2.58. The molecule has 0 aliphatic carbocycles. The van der Waals surface area contributed by atoms with Crippen molar-refractivity contribution in [2.45, 2.75) is 20.5 Å². The zero-order valence-corrected chi connectivity index (χ0v) is 13.8. The van der Waals surface area contributed by atoms with E-state index in [1.54, 1.807) is 32.4 Å². The molecule has 0 bridgehead atoms. The van der Waals surface area contributed by atoms with Crippen LogP contribution in [0.4, 0.5) is 5.69 Å². The Morgan fingerprint density at radius 2 is 1.73 bits per heavy atom. The first kappa shape index (κ1) is 19.7. The Morgan fingerprint density at radius 1 is 1.09 bits per heavy atom. The van der Waals surface area contributed by atoms with Gasteiger partial charge in [-0.3, -0.25) is 4.79 Å². The lowest BCUT2D eigenvalue weighted by Crippen LogP contribution is -2.10. The van der Waals surface area contributed by atoms with Crippen molar-refractivity contribution in [3.63, 3.8) is 0 Å². The largest absolute Gasteiger partial charge is 0.388 e. The molecule has 0 aromatic heterocycles. The molecule has 0 radical (unpaired) electrons. The summed E-state index contributed by atoms with van der Waals surface area (Å²) in [4.78, 5) is 10.7. The van der Waals surface area contributed by atoms with Gasteiger partial charge in [-0.15, -0.1) is 0 Å². The maximum Gasteiger partial charge on any atom is 0.248 e. The minimum absolute atomic E-state index is 0.401. The van der Waals surface area contributed by atoms with Crippen molar-refractivity contribution in [1.82, 2.24) is 0 Å². The molecule has 4 nitrogen and oxygen atoms in total. The lowest BCUT2D eigenvalue weighted by Gasteiger charge is -2.00. The smallest absolute Gasteiger partial charge is 0.248 e. The van der Waals surface area contributed by atoms with Crippen LogP contribution in [0, 0.1) is 0 Å². The molecule has 2 rings (SSSR count). The number of hydrogen-bond donors (Lipinski definition) is 2. The van der Waals surface area contributed by atoms with Gasteiger partial charge in [0.1, 0.15) is 0 Å². The van der Waals surface area contributed by atoms with Crippen LogP contribution in [0.25, 0.3) is 0 Å². The molecule has 120 valence electrons. The Hall–Kier alpha value is -2.33. The van der Waals surface area contributed by atoms with E-state index in [0.29, 0.717) is 12.2 Å². The Labute approximate surface area is 133 Å². The standard InChI is InChI=1S/C8H10N2O.C8H10O.C2H6/c1-10-7-4-2-3-6(5-7)8(9)11;1-9-7-8-5-3-2-4-6-8;1-2/h2-5,10H,1H3,(H2,9,11);2-6H,7H2,1H3;1-2H3. The van der Waals surface area contributed by atoms with Gasteiger partial charge in [-0.05, 0) is 23.8 Å². The summed E-state index contributed by atoms with van der Waals surface area (Å²) in [5, 5.41) is 2.91. The van der Waals surface area contributed by atoms with Gasteiger partial charge < -0.3 is 15.8 Å². The van der Waals surface area contributed by atoms with Gasteiger partial charge in [0.05, 0.1) is 6.61 Å². The molecule has 0 unspecified atom stereocenters. The van der Waals surface area contributed by atoms with Crippen molar-refractivity contribution >= 4 is 11.6 Å². The van der Waals surface area contributed by atoms with Gasteiger partial charge in [-0.1, -0.05) is 50.2 Å². The van der Waals surface area contributed by atoms with E-state index in [0.717, 1.165) is 5.69 Å². The van der Waals surface area contributed by atoms with Crippen molar-refractivity contribution in [3.05, 3.63) is 65.7 Å². The summed E-state index contributed by atoms with van der Waals surface area (Å²) in [6, 6.07) is 17.2. The third-order valence-corrected chi connectivity index (χ3v) is 2.59. The molecule has 3 N–H and O–H groups in total. The van der Waals surface area contributed by atoms with E-state index in [2.05, 4.69) is 5.32 Å². The summed E-state index contributed by atoms with van der Waals surface area (Å²) in [5.41, 5.74) is 7.71. The Morgan fingerprint density at radius 3 is 2.23 bits per heavy atom.